The van der Waals surface area contributed by atoms with E-state index < -0.39 is 11.9 Å². The van der Waals surface area contributed by atoms with Crippen molar-refractivity contribution in [1.82, 2.24) is 19.6 Å². The monoisotopic (exact) mass is 357 g/mol. The summed E-state index contributed by atoms with van der Waals surface area (Å²) in [5.74, 6) is -1.35. The van der Waals surface area contributed by atoms with Crippen LogP contribution in [0.25, 0.3) is 0 Å². The summed E-state index contributed by atoms with van der Waals surface area (Å²) in [6.45, 7) is 0.538. The minimum atomic E-state index is -0.966. The highest BCUT2D eigenvalue weighted by Crippen LogP contribution is 2.10. The van der Waals surface area contributed by atoms with Crippen molar-refractivity contribution in [3.8, 4) is 0 Å². The number of aliphatic carboxylic acids is 1. The van der Waals surface area contributed by atoms with Crippen LogP contribution in [-0.4, -0.2) is 36.5 Å². The van der Waals surface area contributed by atoms with Crippen LogP contribution in [0, 0.1) is 5.82 Å². The molecule has 1 aromatic carbocycles. The van der Waals surface area contributed by atoms with Gasteiger partial charge in [-0.3, -0.25) is 19.0 Å². The van der Waals surface area contributed by atoms with Crippen molar-refractivity contribution in [3.63, 3.8) is 0 Å². The second-order valence-electron chi connectivity index (χ2n) is 5.56. The molecule has 0 saturated carbocycles. The van der Waals surface area contributed by atoms with Crippen molar-refractivity contribution < 1.29 is 19.1 Å². The predicted octanol–water partition coefficient (Wildman–Crippen LogP) is 1.99. The number of anilines is 1. The van der Waals surface area contributed by atoms with E-state index in [1.54, 1.807) is 29.1 Å². The molecule has 0 bridgehead atoms. The Morgan fingerprint density at radius 1 is 1.15 bits per heavy atom. The van der Waals surface area contributed by atoms with Crippen molar-refractivity contribution in [2.45, 2.75) is 19.5 Å². The minimum absolute atomic E-state index is 0.101. The molecule has 0 aliphatic carbocycles. The van der Waals surface area contributed by atoms with Crippen molar-refractivity contribution >= 4 is 17.7 Å². The summed E-state index contributed by atoms with van der Waals surface area (Å²) in [6, 6.07) is 9.22. The van der Waals surface area contributed by atoms with Gasteiger partial charge in [-0.25, -0.2) is 4.39 Å². The topological polar surface area (TPSA) is 102 Å². The van der Waals surface area contributed by atoms with E-state index in [1.165, 1.54) is 29.1 Å². The number of amides is 1. The molecule has 0 saturated heterocycles. The van der Waals surface area contributed by atoms with Crippen molar-refractivity contribution in [2.24, 2.45) is 0 Å². The van der Waals surface area contributed by atoms with Crippen LogP contribution >= 0.6 is 0 Å². The van der Waals surface area contributed by atoms with Crippen molar-refractivity contribution in [1.29, 1.82) is 0 Å². The lowest BCUT2D eigenvalue weighted by atomic mass is 10.2. The highest BCUT2D eigenvalue weighted by atomic mass is 19.1. The highest BCUT2D eigenvalue weighted by Gasteiger charge is 2.14. The molecular formula is C17H16FN5O3. The summed E-state index contributed by atoms with van der Waals surface area (Å²) >= 11 is 0. The highest BCUT2D eigenvalue weighted by molar-refractivity contribution is 6.02. The van der Waals surface area contributed by atoms with Crippen LogP contribution in [0.15, 0.2) is 48.8 Å². The summed E-state index contributed by atoms with van der Waals surface area (Å²) < 4.78 is 15.9. The van der Waals surface area contributed by atoms with Gasteiger partial charge in [0.25, 0.3) is 5.91 Å². The number of benzene rings is 1. The van der Waals surface area contributed by atoms with E-state index in [2.05, 4.69) is 15.5 Å². The average Bonchev–Trinajstić information content (AvgIpc) is 3.24. The molecule has 9 heteroatoms. The van der Waals surface area contributed by atoms with Crippen LogP contribution in [0.3, 0.4) is 0 Å². The second kappa shape index (κ2) is 7.60. The van der Waals surface area contributed by atoms with Crippen LogP contribution in [0.1, 0.15) is 22.5 Å². The number of hydrogen-bond acceptors (Lipinski definition) is 4. The lowest BCUT2D eigenvalue weighted by molar-refractivity contribution is -0.137. The van der Waals surface area contributed by atoms with E-state index in [1.807, 2.05) is 0 Å². The Labute approximate surface area is 147 Å². The number of carboxylic acids is 1. The third-order valence-electron chi connectivity index (χ3n) is 3.63. The Kier molecular flexibility index (Phi) is 5.07. The molecule has 2 N–H and O–H groups in total. The van der Waals surface area contributed by atoms with Gasteiger partial charge in [-0.1, -0.05) is 12.1 Å². The molecule has 0 unspecified atom stereocenters. The molecule has 0 spiro atoms. The first kappa shape index (κ1) is 17.3. The normalized spacial score (nSPS) is 10.7. The van der Waals surface area contributed by atoms with Gasteiger partial charge in [0.2, 0.25) is 0 Å². The van der Waals surface area contributed by atoms with E-state index >= 15 is 0 Å². The third kappa shape index (κ3) is 4.32. The van der Waals surface area contributed by atoms with Gasteiger partial charge in [0.05, 0.1) is 19.5 Å². The first-order valence-electron chi connectivity index (χ1n) is 7.84. The zero-order valence-corrected chi connectivity index (χ0v) is 13.7. The number of carboxylic acid groups (broad SMARTS) is 1. The number of rotatable bonds is 7. The fourth-order valence-electron chi connectivity index (χ4n) is 2.38. The zero-order chi connectivity index (χ0) is 18.5. The molecule has 3 aromatic rings. The Morgan fingerprint density at radius 3 is 2.65 bits per heavy atom. The molecule has 0 aliphatic rings. The van der Waals surface area contributed by atoms with Crippen molar-refractivity contribution in [2.75, 3.05) is 5.32 Å². The number of hydrogen-bond donors (Lipinski definition) is 2. The maximum absolute atomic E-state index is 12.9. The predicted molar refractivity (Wildman–Crippen MR) is 90.2 cm³/mol. The summed E-state index contributed by atoms with van der Waals surface area (Å²) in [5.41, 5.74) is 1.12. The number of carbonyl (C=O) groups is 2. The first-order chi connectivity index (χ1) is 12.5. The van der Waals surface area contributed by atoms with Crippen LogP contribution in [0.4, 0.5) is 10.2 Å². The molecule has 3 rings (SSSR count). The molecule has 0 atom stereocenters. The van der Waals surface area contributed by atoms with Gasteiger partial charge < -0.3 is 10.4 Å². The van der Waals surface area contributed by atoms with Gasteiger partial charge in [-0.2, -0.15) is 10.2 Å². The number of nitrogens with one attached hydrogen (secondary N) is 1. The number of carbonyl (C=O) groups excluding carboxylic acids is 1. The Bertz CT molecular complexity index is 917. The van der Waals surface area contributed by atoms with E-state index in [0.717, 1.165) is 5.56 Å². The Hall–Kier alpha value is -3.49. The molecule has 0 radical (unpaired) electrons. The van der Waals surface area contributed by atoms with Crippen molar-refractivity contribution in [3.05, 3.63) is 65.9 Å². The van der Waals surface area contributed by atoms with Crippen LogP contribution < -0.4 is 5.32 Å². The van der Waals surface area contributed by atoms with E-state index in [4.69, 9.17) is 5.11 Å². The lowest BCUT2D eigenvalue weighted by Gasteiger charge is -2.06. The number of halogens is 1. The first-order valence-corrected chi connectivity index (χ1v) is 7.84. The lowest BCUT2D eigenvalue weighted by Crippen LogP contribution is -2.19. The summed E-state index contributed by atoms with van der Waals surface area (Å²) in [4.78, 5) is 23.0. The molecule has 2 aromatic heterocycles. The van der Waals surface area contributed by atoms with Gasteiger partial charge in [0.15, 0.2) is 5.82 Å². The fourth-order valence-corrected chi connectivity index (χ4v) is 2.38. The maximum atomic E-state index is 12.9. The maximum Gasteiger partial charge on any atom is 0.305 e. The standard InChI is InChI=1S/C17H16FN5O3/c18-13-3-1-12(2-4-13)11-22-9-6-15(21-22)20-17(26)14-5-8-19-23(14)10-7-16(24)25/h1-6,8-9H,7,10-11H2,(H,24,25)(H,20,21,26). The number of nitrogens with zero attached hydrogens (tertiary/aromatic N) is 4. The van der Waals surface area contributed by atoms with Gasteiger partial charge >= 0.3 is 5.97 Å². The summed E-state index contributed by atoms with van der Waals surface area (Å²) in [6.07, 6.45) is 3.00. The quantitative estimate of drug-likeness (QED) is 0.673. The fraction of sp³-hybridized carbons (Fsp3) is 0.176. The van der Waals surface area contributed by atoms with E-state index in [0.29, 0.717) is 12.4 Å². The Morgan fingerprint density at radius 2 is 1.92 bits per heavy atom. The molecule has 0 fully saturated rings. The van der Waals surface area contributed by atoms with Crippen LogP contribution in [0.5, 0.6) is 0 Å². The van der Waals surface area contributed by atoms with Crippen LogP contribution in [-0.2, 0) is 17.9 Å². The average molecular weight is 357 g/mol. The van der Waals surface area contributed by atoms with E-state index in [9.17, 15) is 14.0 Å². The summed E-state index contributed by atoms with van der Waals surface area (Å²) in [7, 11) is 0. The molecule has 0 aliphatic heterocycles. The van der Waals surface area contributed by atoms with Gasteiger partial charge in [0.1, 0.15) is 11.5 Å². The van der Waals surface area contributed by atoms with E-state index in [-0.39, 0.29) is 24.5 Å². The largest absolute Gasteiger partial charge is 0.481 e. The summed E-state index contributed by atoms with van der Waals surface area (Å²) in [5, 5.41) is 19.6. The second-order valence-corrected chi connectivity index (χ2v) is 5.56. The SMILES string of the molecule is O=C(O)CCn1nccc1C(=O)Nc1ccn(Cc2ccc(F)cc2)n1. The Balaban J connectivity index is 1.64. The molecule has 1 amide bonds. The molecular weight excluding hydrogens is 341 g/mol. The number of aromatic nitrogens is 4. The van der Waals surface area contributed by atoms with Gasteiger partial charge in [-0.05, 0) is 23.8 Å². The minimum Gasteiger partial charge on any atom is -0.481 e. The molecule has 134 valence electrons. The third-order valence-corrected chi connectivity index (χ3v) is 3.63. The molecule has 26 heavy (non-hydrogen) atoms. The smallest absolute Gasteiger partial charge is 0.305 e. The number of aryl methyl sites for hydroxylation is 1. The van der Waals surface area contributed by atoms with Gasteiger partial charge in [-0.15, -0.1) is 0 Å². The van der Waals surface area contributed by atoms with Crippen LogP contribution in [0.2, 0.25) is 0 Å². The zero-order valence-electron chi connectivity index (χ0n) is 13.7. The molecule has 2 heterocycles. The molecule has 8 nitrogen and oxygen atoms in total. The van der Waals surface area contributed by atoms with Gasteiger partial charge in [0, 0.05) is 18.5 Å².